The van der Waals surface area contributed by atoms with Gasteiger partial charge >= 0.3 is 6.18 Å². The molecule has 0 bridgehead atoms. The van der Waals surface area contributed by atoms with Crippen molar-refractivity contribution in [2.24, 2.45) is 0 Å². The van der Waals surface area contributed by atoms with E-state index in [0.29, 0.717) is 48.3 Å². The first kappa shape index (κ1) is 21.5. The number of thioether (sulfide) groups is 1. The molecular weight excluding hydrogens is 431 g/mol. The number of halogens is 3. The fraction of sp³-hybridized carbons (Fsp3) is 0.333. The lowest BCUT2D eigenvalue weighted by atomic mass is 10.0. The molecular formula is C21H20F3N3O3S. The van der Waals surface area contributed by atoms with Crippen molar-refractivity contribution in [1.29, 1.82) is 0 Å². The van der Waals surface area contributed by atoms with Crippen LogP contribution in [-0.2, 0) is 22.3 Å². The van der Waals surface area contributed by atoms with Crippen LogP contribution in [0, 0.1) is 0 Å². The number of fused-ring (bicyclic) bond motifs is 1. The molecule has 0 spiro atoms. The number of amides is 1. The molecule has 1 aliphatic rings. The van der Waals surface area contributed by atoms with Gasteiger partial charge in [0.05, 0.1) is 24.5 Å². The number of para-hydroxylation sites is 2. The number of rotatable bonds is 6. The highest BCUT2D eigenvalue weighted by Crippen LogP contribution is 2.35. The molecule has 0 radical (unpaired) electrons. The third-order valence-electron chi connectivity index (χ3n) is 4.85. The second kappa shape index (κ2) is 9.19. The van der Waals surface area contributed by atoms with Crippen molar-refractivity contribution in [3.05, 3.63) is 53.6 Å². The van der Waals surface area contributed by atoms with E-state index in [1.165, 1.54) is 6.07 Å². The van der Waals surface area contributed by atoms with E-state index < -0.39 is 17.6 Å². The van der Waals surface area contributed by atoms with E-state index in [1.807, 2.05) is 17.0 Å². The summed E-state index contributed by atoms with van der Waals surface area (Å²) in [5.74, 6) is -0.419. The summed E-state index contributed by atoms with van der Waals surface area (Å²) in [7, 11) is 0. The molecule has 31 heavy (non-hydrogen) atoms. The smallest absolute Gasteiger partial charge is 0.416 e. The quantitative estimate of drug-likeness (QED) is 0.570. The van der Waals surface area contributed by atoms with Crippen LogP contribution >= 0.6 is 11.8 Å². The van der Waals surface area contributed by atoms with Gasteiger partial charge in [0.15, 0.2) is 5.58 Å². The van der Waals surface area contributed by atoms with Crippen LogP contribution < -0.4 is 10.2 Å². The number of aromatic nitrogens is 1. The Hall–Kier alpha value is -2.72. The Balaban J connectivity index is 1.38. The molecule has 6 nitrogen and oxygen atoms in total. The standard InChI is InChI=1S/C21H20F3N3O3S/c22-21(23,24)16-11-15(27-7-9-29-10-8-27)6-5-14(16)12-25-19(28)13-31-20-26-17-3-1-2-4-18(17)30-20/h1-6,11H,7-10,12-13H2,(H,25,28). The van der Waals surface area contributed by atoms with E-state index in [4.69, 9.17) is 9.15 Å². The van der Waals surface area contributed by atoms with Gasteiger partial charge in [0.1, 0.15) is 5.52 Å². The lowest BCUT2D eigenvalue weighted by Gasteiger charge is -2.29. The van der Waals surface area contributed by atoms with Crippen molar-refractivity contribution >= 4 is 34.5 Å². The van der Waals surface area contributed by atoms with Gasteiger partial charge in [-0.2, -0.15) is 13.2 Å². The van der Waals surface area contributed by atoms with Crippen LogP contribution in [0.1, 0.15) is 11.1 Å². The van der Waals surface area contributed by atoms with Crippen molar-refractivity contribution in [1.82, 2.24) is 10.3 Å². The Labute approximate surface area is 180 Å². The molecule has 0 saturated carbocycles. The zero-order chi connectivity index (χ0) is 21.8. The number of oxazole rings is 1. The monoisotopic (exact) mass is 451 g/mol. The van der Waals surface area contributed by atoms with E-state index in [1.54, 1.807) is 18.2 Å². The molecule has 2 heterocycles. The van der Waals surface area contributed by atoms with Crippen LogP contribution in [0.15, 0.2) is 52.1 Å². The summed E-state index contributed by atoms with van der Waals surface area (Å²) in [4.78, 5) is 18.3. The minimum atomic E-state index is -4.52. The molecule has 1 amide bonds. The molecule has 0 unspecified atom stereocenters. The Morgan fingerprint density at radius 3 is 2.68 bits per heavy atom. The van der Waals surface area contributed by atoms with E-state index in [0.717, 1.165) is 17.8 Å². The average Bonchev–Trinajstić information content (AvgIpc) is 3.19. The van der Waals surface area contributed by atoms with Crippen LogP contribution in [0.25, 0.3) is 11.1 Å². The zero-order valence-corrected chi connectivity index (χ0v) is 17.3. The molecule has 0 atom stereocenters. The van der Waals surface area contributed by atoms with Gasteiger partial charge in [-0.25, -0.2) is 4.98 Å². The van der Waals surface area contributed by atoms with Gasteiger partial charge < -0.3 is 19.4 Å². The number of ether oxygens (including phenoxy) is 1. The second-order valence-corrected chi connectivity index (χ2v) is 7.88. The molecule has 1 saturated heterocycles. The number of morpholine rings is 1. The highest BCUT2D eigenvalue weighted by atomic mass is 32.2. The second-order valence-electron chi connectivity index (χ2n) is 6.95. The molecule has 164 valence electrons. The fourth-order valence-electron chi connectivity index (χ4n) is 3.29. The van der Waals surface area contributed by atoms with E-state index >= 15 is 0 Å². The number of benzene rings is 2. The molecule has 3 aromatic rings. The first-order valence-corrected chi connectivity index (χ1v) is 10.7. The number of hydrogen-bond acceptors (Lipinski definition) is 6. The van der Waals surface area contributed by atoms with E-state index in [-0.39, 0.29) is 17.9 Å². The highest BCUT2D eigenvalue weighted by Gasteiger charge is 2.34. The summed E-state index contributed by atoms with van der Waals surface area (Å²) in [5.41, 5.74) is 1.06. The minimum Gasteiger partial charge on any atom is -0.431 e. The van der Waals surface area contributed by atoms with Gasteiger partial charge in [-0.1, -0.05) is 30.0 Å². The summed E-state index contributed by atoms with van der Waals surface area (Å²) in [6.45, 7) is 1.83. The number of hydrogen-bond donors (Lipinski definition) is 1. The third-order valence-corrected chi connectivity index (χ3v) is 5.68. The first-order chi connectivity index (χ1) is 14.9. The Morgan fingerprint density at radius 1 is 1.16 bits per heavy atom. The van der Waals surface area contributed by atoms with Gasteiger partial charge in [-0.3, -0.25) is 4.79 Å². The Bertz CT molecular complexity index is 1030. The summed E-state index contributed by atoms with van der Waals surface area (Å²) < 4.78 is 51.6. The molecule has 1 fully saturated rings. The van der Waals surface area contributed by atoms with Gasteiger partial charge in [0.2, 0.25) is 5.91 Å². The molecule has 10 heteroatoms. The number of carbonyl (C=O) groups excluding carboxylic acids is 1. The minimum absolute atomic E-state index is 0.0139. The van der Waals surface area contributed by atoms with Crippen molar-refractivity contribution in [3.63, 3.8) is 0 Å². The Kier molecular flexibility index (Phi) is 6.38. The number of alkyl halides is 3. The van der Waals surface area contributed by atoms with Crippen molar-refractivity contribution in [2.45, 2.75) is 17.9 Å². The molecule has 2 aromatic carbocycles. The first-order valence-electron chi connectivity index (χ1n) is 9.68. The van der Waals surface area contributed by atoms with Gasteiger partial charge in [0.25, 0.3) is 5.22 Å². The molecule has 0 aliphatic carbocycles. The topological polar surface area (TPSA) is 67.6 Å². The van der Waals surface area contributed by atoms with Crippen molar-refractivity contribution in [3.8, 4) is 0 Å². The maximum Gasteiger partial charge on any atom is 0.416 e. The highest BCUT2D eigenvalue weighted by molar-refractivity contribution is 7.99. The zero-order valence-electron chi connectivity index (χ0n) is 16.4. The normalized spacial score (nSPS) is 14.7. The number of anilines is 1. The summed E-state index contributed by atoms with van der Waals surface area (Å²) in [5, 5.41) is 2.89. The summed E-state index contributed by atoms with van der Waals surface area (Å²) in [6.07, 6.45) is -4.52. The van der Waals surface area contributed by atoms with Crippen LogP contribution in [0.3, 0.4) is 0 Å². The van der Waals surface area contributed by atoms with Gasteiger partial charge in [-0.05, 0) is 29.8 Å². The molecule has 1 N–H and O–H groups in total. The average molecular weight is 451 g/mol. The molecule has 1 aliphatic heterocycles. The van der Waals surface area contributed by atoms with Gasteiger partial charge in [0, 0.05) is 25.3 Å². The summed E-state index contributed by atoms with van der Waals surface area (Å²) >= 11 is 1.09. The molecule has 1 aromatic heterocycles. The Morgan fingerprint density at radius 2 is 1.94 bits per heavy atom. The largest absolute Gasteiger partial charge is 0.431 e. The number of nitrogens with zero attached hydrogens (tertiary/aromatic N) is 2. The fourth-order valence-corrected chi connectivity index (χ4v) is 3.95. The van der Waals surface area contributed by atoms with E-state index in [2.05, 4.69) is 10.3 Å². The maximum absolute atomic E-state index is 13.6. The van der Waals surface area contributed by atoms with Crippen molar-refractivity contribution in [2.75, 3.05) is 37.0 Å². The van der Waals surface area contributed by atoms with E-state index in [9.17, 15) is 18.0 Å². The lowest BCUT2D eigenvalue weighted by molar-refractivity contribution is -0.138. The van der Waals surface area contributed by atoms with Crippen LogP contribution in [0.2, 0.25) is 0 Å². The lowest BCUT2D eigenvalue weighted by Crippen LogP contribution is -2.36. The predicted molar refractivity (Wildman–Crippen MR) is 111 cm³/mol. The number of carbonyl (C=O) groups is 1. The summed E-state index contributed by atoms with van der Waals surface area (Å²) in [6, 6.07) is 11.4. The third kappa shape index (κ3) is 5.31. The van der Waals surface area contributed by atoms with Crippen LogP contribution in [0.5, 0.6) is 0 Å². The molecule has 4 rings (SSSR count). The number of nitrogens with one attached hydrogen (secondary N) is 1. The SMILES string of the molecule is O=C(CSc1nc2ccccc2o1)NCc1ccc(N2CCOCC2)cc1C(F)(F)F. The van der Waals surface area contributed by atoms with Crippen LogP contribution in [-0.4, -0.2) is 42.9 Å². The van der Waals surface area contributed by atoms with Crippen LogP contribution in [0.4, 0.5) is 18.9 Å². The maximum atomic E-state index is 13.6. The predicted octanol–water partition coefficient (Wildman–Crippen LogP) is 4.09. The van der Waals surface area contributed by atoms with Gasteiger partial charge in [-0.15, -0.1) is 0 Å². The van der Waals surface area contributed by atoms with Crippen molar-refractivity contribution < 1.29 is 27.1 Å².